The molecular formula is C21H18N6O2S. The first kappa shape index (κ1) is 20.9. The Balaban J connectivity index is 1.96. The lowest BCUT2D eigenvalue weighted by molar-refractivity contribution is -0.115. The van der Waals surface area contributed by atoms with Gasteiger partial charge in [-0.3, -0.25) is 4.79 Å². The molecule has 0 aliphatic carbocycles. The van der Waals surface area contributed by atoms with Gasteiger partial charge in [-0.1, -0.05) is 24.8 Å². The number of nitrogens with zero attached hydrogens (tertiary/aromatic N) is 4. The molecule has 0 saturated carbocycles. The van der Waals surface area contributed by atoms with Crippen LogP contribution in [0.2, 0.25) is 0 Å². The maximum atomic E-state index is 12.8. The van der Waals surface area contributed by atoms with Crippen molar-refractivity contribution < 1.29 is 9.21 Å². The molecule has 0 radical (unpaired) electrons. The van der Waals surface area contributed by atoms with Crippen LogP contribution in [0.5, 0.6) is 0 Å². The van der Waals surface area contributed by atoms with Gasteiger partial charge in [0.2, 0.25) is 5.91 Å². The Kier molecular flexibility index (Phi) is 6.35. The second-order valence-corrected chi connectivity index (χ2v) is 7.54. The minimum Gasteiger partial charge on any atom is -0.464 e. The fraction of sp³-hybridized carbons (Fsp3) is 0.190. The topological polar surface area (TPSA) is 142 Å². The average Bonchev–Trinajstić information content (AvgIpc) is 3.27. The van der Waals surface area contributed by atoms with Crippen LogP contribution in [-0.4, -0.2) is 21.1 Å². The van der Waals surface area contributed by atoms with Crippen LogP contribution in [0.3, 0.4) is 0 Å². The number of anilines is 2. The number of aromatic nitrogens is 2. The summed E-state index contributed by atoms with van der Waals surface area (Å²) in [6, 6.07) is 10.9. The molecule has 150 valence electrons. The van der Waals surface area contributed by atoms with Gasteiger partial charge in [0.1, 0.15) is 40.1 Å². The molecule has 0 saturated heterocycles. The summed E-state index contributed by atoms with van der Waals surface area (Å²) in [5.74, 6) is 0.474. The highest BCUT2D eigenvalue weighted by molar-refractivity contribution is 8.00. The van der Waals surface area contributed by atoms with Gasteiger partial charge in [0, 0.05) is 6.20 Å². The highest BCUT2D eigenvalue weighted by Crippen LogP contribution is 2.37. The maximum Gasteiger partial charge on any atom is 0.239 e. The second-order valence-electron chi connectivity index (χ2n) is 6.35. The van der Waals surface area contributed by atoms with Gasteiger partial charge in [-0.05, 0) is 37.1 Å². The van der Waals surface area contributed by atoms with Gasteiger partial charge >= 0.3 is 0 Å². The Hall–Kier alpha value is -3.82. The number of nitrogens with two attached hydrogens (primary N) is 1. The van der Waals surface area contributed by atoms with Crippen molar-refractivity contribution >= 4 is 29.3 Å². The minimum atomic E-state index is -0.551. The van der Waals surface area contributed by atoms with Crippen molar-refractivity contribution in [2.45, 2.75) is 30.5 Å². The first-order valence-corrected chi connectivity index (χ1v) is 9.94. The van der Waals surface area contributed by atoms with Gasteiger partial charge in [0.15, 0.2) is 0 Å². The van der Waals surface area contributed by atoms with Crippen molar-refractivity contribution in [2.24, 2.45) is 0 Å². The van der Waals surface area contributed by atoms with E-state index in [1.54, 1.807) is 24.4 Å². The zero-order valence-electron chi connectivity index (χ0n) is 16.3. The van der Waals surface area contributed by atoms with E-state index in [1.165, 1.54) is 6.26 Å². The number of aryl methyl sites for hydroxylation is 1. The predicted octanol–water partition coefficient (Wildman–Crippen LogP) is 3.88. The van der Waals surface area contributed by atoms with Crippen LogP contribution in [0.4, 0.5) is 11.6 Å². The first-order valence-electron chi connectivity index (χ1n) is 9.06. The van der Waals surface area contributed by atoms with E-state index in [2.05, 4.69) is 21.4 Å². The minimum absolute atomic E-state index is 0.0270. The van der Waals surface area contributed by atoms with E-state index in [-0.39, 0.29) is 33.4 Å². The van der Waals surface area contributed by atoms with Crippen LogP contribution in [0.15, 0.2) is 46.2 Å². The Bertz CT molecular complexity index is 1140. The van der Waals surface area contributed by atoms with E-state index in [0.717, 1.165) is 17.3 Å². The molecule has 0 aliphatic rings. The molecule has 30 heavy (non-hydrogen) atoms. The summed E-state index contributed by atoms with van der Waals surface area (Å²) < 4.78 is 5.40. The molecule has 0 fully saturated rings. The number of nitrogens with one attached hydrogen (secondary N) is 1. The number of amides is 1. The number of hydrogen-bond acceptors (Lipinski definition) is 8. The van der Waals surface area contributed by atoms with Crippen molar-refractivity contribution in [1.82, 2.24) is 9.97 Å². The van der Waals surface area contributed by atoms with E-state index in [4.69, 9.17) is 10.2 Å². The lowest BCUT2D eigenvalue weighted by Crippen LogP contribution is -2.25. The highest BCUT2D eigenvalue weighted by Gasteiger charge is 2.26. The number of carbonyl (C=O) groups excluding carboxylic acids is 1. The highest BCUT2D eigenvalue weighted by atomic mass is 32.2. The largest absolute Gasteiger partial charge is 0.464 e. The molecule has 3 aromatic rings. The molecule has 3 heterocycles. The number of carbonyl (C=O) groups is 1. The van der Waals surface area contributed by atoms with E-state index in [0.29, 0.717) is 18.0 Å². The average molecular weight is 418 g/mol. The van der Waals surface area contributed by atoms with Crippen molar-refractivity contribution in [2.75, 3.05) is 11.1 Å². The molecule has 1 unspecified atom stereocenters. The third-order valence-electron chi connectivity index (χ3n) is 4.26. The molecule has 3 N–H and O–H groups in total. The van der Waals surface area contributed by atoms with Crippen molar-refractivity contribution in [3.05, 3.63) is 53.4 Å². The standard InChI is InChI=1S/C21H18N6O2S/c1-3-16(20(28)26-17-7-6-12(2)11-25-17)30-21-14(10-23)18(15-5-4-8-29-15)13(9-22)19(24)27-21/h4-8,11,16H,3H2,1-2H3,(H2,24,27)(H,25,26,28). The number of pyridine rings is 2. The molecule has 1 amide bonds. The Morgan fingerprint density at radius 3 is 2.63 bits per heavy atom. The van der Waals surface area contributed by atoms with E-state index in [9.17, 15) is 15.3 Å². The van der Waals surface area contributed by atoms with Gasteiger partial charge in [-0.15, -0.1) is 0 Å². The number of nitriles is 2. The van der Waals surface area contributed by atoms with Crippen LogP contribution < -0.4 is 11.1 Å². The zero-order chi connectivity index (χ0) is 21.7. The zero-order valence-corrected chi connectivity index (χ0v) is 17.2. The number of hydrogen-bond donors (Lipinski definition) is 2. The van der Waals surface area contributed by atoms with Gasteiger partial charge in [-0.2, -0.15) is 10.5 Å². The molecule has 0 bridgehead atoms. The first-order chi connectivity index (χ1) is 14.5. The molecular weight excluding hydrogens is 400 g/mol. The smallest absolute Gasteiger partial charge is 0.239 e. The number of thioether (sulfide) groups is 1. The summed E-state index contributed by atoms with van der Waals surface area (Å²) in [7, 11) is 0. The van der Waals surface area contributed by atoms with E-state index in [1.807, 2.05) is 26.0 Å². The second kappa shape index (κ2) is 9.12. The third-order valence-corrected chi connectivity index (χ3v) is 5.61. The normalized spacial score (nSPS) is 11.3. The van der Waals surface area contributed by atoms with Crippen LogP contribution in [0.1, 0.15) is 30.0 Å². The molecule has 0 spiro atoms. The van der Waals surface area contributed by atoms with E-state index >= 15 is 0 Å². The predicted molar refractivity (Wildman–Crippen MR) is 113 cm³/mol. The summed E-state index contributed by atoms with van der Waals surface area (Å²) in [6.45, 7) is 3.76. The summed E-state index contributed by atoms with van der Waals surface area (Å²) in [6.07, 6.45) is 3.58. The molecule has 3 aromatic heterocycles. The molecule has 0 aromatic carbocycles. The quantitative estimate of drug-likeness (QED) is 0.574. The Morgan fingerprint density at radius 1 is 1.30 bits per heavy atom. The fourth-order valence-corrected chi connectivity index (χ4v) is 3.77. The van der Waals surface area contributed by atoms with Crippen LogP contribution >= 0.6 is 11.8 Å². The SMILES string of the molecule is CCC(Sc1nc(N)c(C#N)c(-c2ccco2)c1C#N)C(=O)Nc1ccc(C)cn1. The summed E-state index contributed by atoms with van der Waals surface area (Å²) >= 11 is 1.11. The van der Waals surface area contributed by atoms with Crippen molar-refractivity contribution in [1.29, 1.82) is 10.5 Å². The van der Waals surface area contributed by atoms with Crippen LogP contribution in [0, 0.1) is 29.6 Å². The maximum absolute atomic E-state index is 12.8. The molecule has 1 atom stereocenters. The number of nitrogen functional groups attached to an aromatic ring is 1. The van der Waals surface area contributed by atoms with Crippen LogP contribution in [0.25, 0.3) is 11.3 Å². The van der Waals surface area contributed by atoms with Gasteiger partial charge in [-0.25, -0.2) is 9.97 Å². The van der Waals surface area contributed by atoms with Gasteiger partial charge in [0.25, 0.3) is 0 Å². The molecule has 8 nitrogen and oxygen atoms in total. The van der Waals surface area contributed by atoms with Crippen molar-refractivity contribution in [3.63, 3.8) is 0 Å². The third kappa shape index (κ3) is 4.27. The number of rotatable bonds is 6. The molecule has 3 rings (SSSR count). The fourth-order valence-electron chi connectivity index (χ4n) is 2.76. The summed E-state index contributed by atoms with van der Waals surface area (Å²) in [4.78, 5) is 21.2. The lowest BCUT2D eigenvalue weighted by Gasteiger charge is -2.16. The lowest BCUT2D eigenvalue weighted by atomic mass is 10.0. The Labute approximate surface area is 177 Å². The number of furan rings is 1. The molecule has 0 aliphatic heterocycles. The molecule has 9 heteroatoms. The summed E-state index contributed by atoms with van der Waals surface area (Å²) in [5.41, 5.74) is 7.44. The summed E-state index contributed by atoms with van der Waals surface area (Å²) in [5, 5.41) is 21.8. The van der Waals surface area contributed by atoms with Gasteiger partial charge in [0.05, 0.1) is 22.6 Å². The van der Waals surface area contributed by atoms with Crippen molar-refractivity contribution in [3.8, 4) is 23.5 Å². The Morgan fingerprint density at radius 2 is 2.07 bits per heavy atom. The van der Waals surface area contributed by atoms with Gasteiger partial charge < -0.3 is 15.5 Å². The monoisotopic (exact) mass is 418 g/mol. The van der Waals surface area contributed by atoms with Crippen LogP contribution in [-0.2, 0) is 4.79 Å². The van der Waals surface area contributed by atoms with E-state index < -0.39 is 5.25 Å².